The van der Waals surface area contributed by atoms with E-state index < -0.39 is 0 Å². The zero-order valence-electron chi connectivity index (χ0n) is 18.2. The molecule has 7 nitrogen and oxygen atoms in total. The Balaban J connectivity index is 1.18. The summed E-state index contributed by atoms with van der Waals surface area (Å²) in [7, 11) is 1.80. The van der Waals surface area contributed by atoms with Crippen LogP contribution in [0.2, 0.25) is 0 Å². The first-order valence-electron chi connectivity index (χ1n) is 10.9. The van der Waals surface area contributed by atoms with Gasteiger partial charge in [0, 0.05) is 36.8 Å². The molecule has 1 N–H and O–H groups in total. The topological polar surface area (TPSA) is 78.7 Å². The van der Waals surface area contributed by atoms with Crippen LogP contribution in [-0.2, 0) is 0 Å². The summed E-state index contributed by atoms with van der Waals surface area (Å²) in [6.45, 7) is 1.27. The number of hydrogen-bond acceptors (Lipinski definition) is 6. The Morgan fingerprint density at radius 3 is 2.58 bits per heavy atom. The number of fused-ring (bicyclic) bond motifs is 1. The standard InChI is InChI=1S/C25H24N4O3S/c1-28(19-8-3-2-4-9-19)27-23(30)20-16-33-24(26-20)17-11-13-29(14-12-17)25(31)22-15-18-7-5-6-10-21(18)32-22/h2-10,15-17H,11-14H2,1H3,(H,27,30). The third kappa shape index (κ3) is 4.47. The van der Waals surface area contributed by atoms with Crippen molar-refractivity contribution < 1.29 is 14.0 Å². The third-order valence-electron chi connectivity index (χ3n) is 5.94. The average molecular weight is 461 g/mol. The SMILES string of the molecule is CN(NC(=O)c1csc(C2CCN(C(=O)c3cc4ccccc4o3)CC2)n1)c1ccccc1. The fourth-order valence-electron chi connectivity index (χ4n) is 4.08. The molecular weight excluding hydrogens is 436 g/mol. The zero-order chi connectivity index (χ0) is 22.8. The number of carbonyl (C=O) groups excluding carboxylic acids is 2. The first-order valence-corrected chi connectivity index (χ1v) is 11.8. The van der Waals surface area contributed by atoms with Crippen LogP contribution in [-0.4, -0.2) is 41.8 Å². The molecule has 1 saturated heterocycles. The summed E-state index contributed by atoms with van der Waals surface area (Å²) < 4.78 is 5.74. The second-order valence-corrected chi connectivity index (χ2v) is 9.01. The van der Waals surface area contributed by atoms with Crippen LogP contribution in [0.25, 0.3) is 11.0 Å². The summed E-state index contributed by atoms with van der Waals surface area (Å²) in [6, 6.07) is 19.1. The summed E-state index contributed by atoms with van der Waals surface area (Å²) in [6.07, 6.45) is 1.62. The van der Waals surface area contributed by atoms with Gasteiger partial charge >= 0.3 is 0 Å². The molecule has 4 aromatic rings. The van der Waals surface area contributed by atoms with E-state index >= 15 is 0 Å². The van der Waals surface area contributed by atoms with Crippen LogP contribution >= 0.6 is 11.3 Å². The Labute approximate surface area is 195 Å². The Bertz CT molecular complexity index is 1240. The number of aromatic nitrogens is 1. The number of likely N-dealkylation sites (tertiary alicyclic amines) is 1. The summed E-state index contributed by atoms with van der Waals surface area (Å²) >= 11 is 1.50. The van der Waals surface area contributed by atoms with Crippen molar-refractivity contribution in [1.82, 2.24) is 15.3 Å². The number of thiazole rings is 1. The predicted octanol–water partition coefficient (Wildman–Crippen LogP) is 4.69. The lowest BCUT2D eigenvalue weighted by molar-refractivity contribution is 0.0683. The number of para-hydroxylation sites is 2. The van der Waals surface area contributed by atoms with Gasteiger partial charge < -0.3 is 9.32 Å². The fourth-order valence-corrected chi connectivity index (χ4v) is 5.05. The van der Waals surface area contributed by atoms with Crippen molar-refractivity contribution in [3.8, 4) is 0 Å². The van der Waals surface area contributed by atoms with Gasteiger partial charge in [0.25, 0.3) is 11.8 Å². The van der Waals surface area contributed by atoms with Crippen molar-refractivity contribution in [2.45, 2.75) is 18.8 Å². The number of piperidine rings is 1. The van der Waals surface area contributed by atoms with Gasteiger partial charge in [0.15, 0.2) is 5.76 Å². The molecule has 0 unspecified atom stereocenters. The van der Waals surface area contributed by atoms with Crippen LogP contribution in [0.3, 0.4) is 0 Å². The Morgan fingerprint density at radius 1 is 1.09 bits per heavy atom. The molecule has 1 aliphatic heterocycles. The molecule has 2 aromatic heterocycles. The smallest absolute Gasteiger partial charge is 0.289 e. The molecule has 0 spiro atoms. The summed E-state index contributed by atoms with van der Waals surface area (Å²) in [5, 5.41) is 5.36. The number of hydrazine groups is 1. The average Bonchev–Trinajstić information content (AvgIpc) is 3.52. The van der Waals surface area contributed by atoms with E-state index in [0.717, 1.165) is 34.5 Å². The third-order valence-corrected chi connectivity index (χ3v) is 6.94. The van der Waals surface area contributed by atoms with E-state index in [1.54, 1.807) is 17.4 Å². The molecule has 5 rings (SSSR count). The van der Waals surface area contributed by atoms with E-state index in [0.29, 0.717) is 24.5 Å². The summed E-state index contributed by atoms with van der Waals surface area (Å²) in [5.74, 6) is 0.308. The van der Waals surface area contributed by atoms with Gasteiger partial charge in [-0.1, -0.05) is 36.4 Å². The molecule has 0 atom stereocenters. The number of furan rings is 1. The Morgan fingerprint density at radius 2 is 1.82 bits per heavy atom. The van der Waals surface area contributed by atoms with Gasteiger partial charge in [-0.05, 0) is 37.1 Å². The molecule has 2 amide bonds. The number of anilines is 1. The van der Waals surface area contributed by atoms with E-state index in [1.807, 2.05) is 65.6 Å². The molecule has 33 heavy (non-hydrogen) atoms. The number of benzene rings is 2. The van der Waals surface area contributed by atoms with Crippen LogP contribution in [0, 0.1) is 0 Å². The van der Waals surface area contributed by atoms with Crippen molar-refractivity contribution in [3.05, 3.63) is 82.5 Å². The molecule has 0 bridgehead atoms. The highest BCUT2D eigenvalue weighted by Gasteiger charge is 2.28. The highest BCUT2D eigenvalue weighted by atomic mass is 32.1. The molecule has 0 saturated carbocycles. The zero-order valence-corrected chi connectivity index (χ0v) is 19.0. The molecule has 0 aliphatic carbocycles. The number of carbonyl (C=O) groups is 2. The minimum absolute atomic E-state index is 0.0761. The molecule has 1 aliphatic rings. The van der Waals surface area contributed by atoms with Gasteiger partial charge in [0.05, 0.1) is 10.7 Å². The summed E-state index contributed by atoms with van der Waals surface area (Å²) in [4.78, 5) is 31.9. The molecule has 2 aromatic carbocycles. The quantitative estimate of drug-likeness (QED) is 0.437. The number of rotatable bonds is 5. The largest absolute Gasteiger partial charge is 0.451 e. The van der Waals surface area contributed by atoms with Crippen LogP contribution in [0.1, 0.15) is 44.8 Å². The van der Waals surface area contributed by atoms with Gasteiger partial charge in [0.2, 0.25) is 0 Å². The van der Waals surface area contributed by atoms with Gasteiger partial charge in [-0.25, -0.2) is 4.98 Å². The highest BCUT2D eigenvalue weighted by Crippen LogP contribution is 2.31. The number of hydrogen-bond donors (Lipinski definition) is 1. The lowest BCUT2D eigenvalue weighted by atomic mass is 9.97. The number of nitrogens with zero attached hydrogens (tertiary/aromatic N) is 3. The van der Waals surface area contributed by atoms with Crippen molar-refractivity contribution in [1.29, 1.82) is 0 Å². The van der Waals surface area contributed by atoms with Gasteiger partial charge in [-0.3, -0.25) is 20.0 Å². The maximum atomic E-state index is 12.9. The number of amides is 2. The fraction of sp³-hybridized carbons (Fsp3) is 0.240. The monoisotopic (exact) mass is 460 g/mol. The first-order chi connectivity index (χ1) is 16.1. The summed E-state index contributed by atoms with van der Waals surface area (Å²) in [5.41, 5.74) is 4.89. The minimum Gasteiger partial charge on any atom is -0.451 e. The van der Waals surface area contributed by atoms with E-state index in [4.69, 9.17) is 4.42 Å². The van der Waals surface area contributed by atoms with E-state index in [1.165, 1.54) is 11.3 Å². The Kier molecular flexibility index (Phi) is 5.83. The normalized spacial score (nSPS) is 14.4. The first kappa shape index (κ1) is 21.2. The molecule has 1 fully saturated rings. The van der Waals surface area contributed by atoms with Crippen molar-refractivity contribution in [2.75, 3.05) is 25.1 Å². The van der Waals surface area contributed by atoms with Crippen LogP contribution in [0.4, 0.5) is 5.69 Å². The van der Waals surface area contributed by atoms with E-state index in [2.05, 4.69) is 10.4 Å². The second kappa shape index (κ2) is 9.07. The van der Waals surface area contributed by atoms with Crippen molar-refractivity contribution in [3.63, 3.8) is 0 Å². The molecule has 8 heteroatoms. The highest BCUT2D eigenvalue weighted by molar-refractivity contribution is 7.09. The van der Waals surface area contributed by atoms with Crippen LogP contribution in [0.15, 0.2) is 70.5 Å². The van der Waals surface area contributed by atoms with Gasteiger partial charge in [-0.15, -0.1) is 11.3 Å². The van der Waals surface area contributed by atoms with E-state index in [9.17, 15) is 9.59 Å². The Hall–Kier alpha value is -3.65. The maximum absolute atomic E-state index is 12.9. The number of nitrogens with one attached hydrogen (secondary N) is 1. The van der Waals surface area contributed by atoms with Crippen molar-refractivity contribution in [2.24, 2.45) is 0 Å². The van der Waals surface area contributed by atoms with Crippen molar-refractivity contribution >= 4 is 39.8 Å². The molecule has 0 radical (unpaired) electrons. The van der Waals surface area contributed by atoms with Gasteiger partial charge in [0.1, 0.15) is 11.3 Å². The molecular formula is C25H24N4O3S. The predicted molar refractivity (Wildman–Crippen MR) is 129 cm³/mol. The molecule has 168 valence electrons. The van der Waals surface area contributed by atoms with Crippen LogP contribution in [0.5, 0.6) is 0 Å². The second-order valence-electron chi connectivity index (χ2n) is 8.12. The maximum Gasteiger partial charge on any atom is 0.289 e. The lowest BCUT2D eigenvalue weighted by Crippen LogP contribution is -2.39. The van der Waals surface area contributed by atoms with Gasteiger partial charge in [-0.2, -0.15) is 0 Å². The van der Waals surface area contributed by atoms with E-state index in [-0.39, 0.29) is 17.7 Å². The van der Waals surface area contributed by atoms with Crippen LogP contribution < -0.4 is 10.4 Å². The minimum atomic E-state index is -0.235. The molecule has 3 heterocycles. The lowest BCUT2D eigenvalue weighted by Gasteiger charge is -2.30.